The van der Waals surface area contributed by atoms with Gasteiger partial charge < -0.3 is 20.7 Å². The third-order valence-electron chi connectivity index (χ3n) is 3.93. The lowest BCUT2D eigenvalue weighted by molar-refractivity contribution is -0.119. The zero-order valence-corrected chi connectivity index (χ0v) is 19.0. The van der Waals surface area contributed by atoms with Gasteiger partial charge in [-0.3, -0.25) is 4.79 Å². The van der Waals surface area contributed by atoms with Gasteiger partial charge in [0.05, 0.1) is 6.54 Å². The number of hydrogen-bond donors (Lipinski definition) is 2. The molecule has 0 saturated carbocycles. The van der Waals surface area contributed by atoms with Crippen LogP contribution in [0.5, 0.6) is 5.75 Å². The maximum atomic E-state index is 10.8. The Morgan fingerprint density at radius 1 is 1.18 bits per heavy atom. The van der Waals surface area contributed by atoms with Crippen LogP contribution in [-0.4, -0.2) is 37.0 Å². The first-order chi connectivity index (χ1) is 13.0. The van der Waals surface area contributed by atoms with Crippen molar-refractivity contribution in [2.45, 2.75) is 26.9 Å². The number of rotatable bonds is 8. The number of ether oxygens (including phenoxy) is 1. The highest BCUT2D eigenvalue weighted by Crippen LogP contribution is 2.14. The van der Waals surface area contributed by atoms with E-state index in [1.54, 1.807) is 6.07 Å². The summed E-state index contributed by atoms with van der Waals surface area (Å²) in [6.45, 7) is 6.07. The van der Waals surface area contributed by atoms with Gasteiger partial charge in [0.25, 0.3) is 5.91 Å². The van der Waals surface area contributed by atoms with Crippen LogP contribution in [0.15, 0.2) is 53.5 Å². The molecule has 1 amide bonds. The molecule has 7 heteroatoms. The maximum absolute atomic E-state index is 10.8. The van der Waals surface area contributed by atoms with Gasteiger partial charge >= 0.3 is 0 Å². The number of carbonyl (C=O) groups is 1. The van der Waals surface area contributed by atoms with E-state index in [1.807, 2.05) is 32.2 Å². The van der Waals surface area contributed by atoms with Crippen molar-refractivity contribution < 1.29 is 9.53 Å². The Morgan fingerprint density at radius 3 is 2.54 bits per heavy atom. The van der Waals surface area contributed by atoms with Crippen LogP contribution >= 0.6 is 24.0 Å². The van der Waals surface area contributed by atoms with Gasteiger partial charge in [-0.2, -0.15) is 0 Å². The van der Waals surface area contributed by atoms with E-state index < -0.39 is 5.91 Å². The quantitative estimate of drug-likeness (QED) is 0.335. The summed E-state index contributed by atoms with van der Waals surface area (Å²) in [7, 11) is 2.02. The number of nitrogens with two attached hydrogens (primary N) is 1. The minimum Gasteiger partial charge on any atom is -0.484 e. The van der Waals surface area contributed by atoms with Crippen molar-refractivity contribution in [1.29, 1.82) is 0 Å². The zero-order chi connectivity index (χ0) is 19.6. The van der Waals surface area contributed by atoms with E-state index >= 15 is 0 Å². The molecule has 0 aromatic heterocycles. The predicted octanol–water partition coefficient (Wildman–Crippen LogP) is 3.07. The van der Waals surface area contributed by atoms with E-state index in [9.17, 15) is 4.79 Å². The molecule has 2 aromatic carbocycles. The van der Waals surface area contributed by atoms with Crippen LogP contribution in [0.1, 0.15) is 23.6 Å². The van der Waals surface area contributed by atoms with Crippen LogP contribution in [-0.2, 0) is 17.9 Å². The fourth-order valence-electron chi connectivity index (χ4n) is 2.57. The lowest BCUT2D eigenvalue weighted by Gasteiger charge is -2.22. The minimum absolute atomic E-state index is 0. The normalized spacial score (nSPS) is 10.8. The van der Waals surface area contributed by atoms with Gasteiger partial charge in [0.1, 0.15) is 5.75 Å². The number of hydrogen-bond acceptors (Lipinski definition) is 3. The number of primary amides is 1. The molecule has 0 heterocycles. The lowest BCUT2D eigenvalue weighted by atomic mass is 10.1. The number of benzene rings is 2. The molecule has 0 radical (unpaired) electrons. The Morgan fingerprint density at radius 2 is 1.89 bits per heavy atom. The van der Waals surface area contributed by atoms with Gasteiger partial charge in [-0.05, 0) is 37.1 Å². The largest absolute Gasteiger partial charge is 0.484 e. The summed E-state index contributed by atoms with van der Waals surface area (Å²) in [4.78, 5) is 17.7. The second-order valence-corrected chi connectivity index (χ2v) is 6.41. The summed E-state index contributed by atoms with van der Waals surface area (Å²) < 4.78 is 5.35. The molecule has 0 bridgehead atoms. The van der Waals surface area contributed by atoms with E-state index in [0.717, 1.165) is 24.6 Å². The average molecular weight is 496 g/mol. The third kappa shape index (κ3) is 8.16. The summed E-state index contributed by atoms with van der Waals surface area (Å²) in [5, 5.41) is 3.32. The topological polar surface area (TPSA) is 80.0 Å². The summed E-state index contributed by atoms with van der Waals surface area (Å²) in [6, 6.07) is 16.0. The summed E-state index contributed by atoms with van der Waals surface area (Å²) in [5.74, 6) is 0.951. The maximum Gasteiger partial charge on any atom is 0.255 e. The van der Waals surface area contributed by atoms with Gasteiger partial charge in [-0.25, -0.2) is 4.99 Å². The Kier molecular flexibility index (Phi) is 10.4. The van der Waals surface area contributed by atoms with Gasteiger partial charge in [-0.15, -0.1) is 24.0 Å². The number of aryl methyl sites for hydroxylation is 1. The van der Waals surface area contributed by atoms with Crippen LogP contribution in [0.4, 0.5) is 0 Å². The van der Waals surface area contributed by atoms with Crippen molar-refractivity contribution in [1.82, 2.24) is 10.2 Å². The number of aliphatic imine (C=N–C) groups is 1. The number of carbonyl (C=O) groups excluding carboxylic acids is 1. The highest BCUT2D eigenvalue weighted by atomic mass is 127. The number of nitrogens with zero attached hydrogens (tertiary/aromatic N) is 2. The van der Waals surface area contributed by atoms with Crippen molar-refractivity contribution in [3.05, 3.63) is 65.2 Å². The van der Waals surface area contributed by atoms with E-state index in [4.69, 9.17) is 15.5 Å². The van der Waals surface area contributed by atoms with E-state index in [2.05, 4.69) is 41.4 Å². The molecule has 0 unspecified atom stereocenters. The van der Waals surface area contributed by atoms with Gasteiger partial charge in [0.2, 0.25) is 0 Å². The Labute approximate surface area is 184 Å². The van der Waals surface area contributed by atoms with E-state index in [0.29, 0.717) is 12.3 Å². The van der Waals surface area contributed by atoms with Crippen LogP contribution in [0, 0.1) is 6.92 Å². The smallest absolute Gasteiger partial charge is 0.255 e. The molecule has 0 aliphatic rings. The first-order valence-electron chi connectivity index (χ1n) is 9.03. The molecule has 0 fully saturated rings. The lowest BCUT2D eigenvalue weighted by Crippen LogP contribution is -2.38. The SMILES string of the molecule is CCNC(=NCc1cccc(OCC(N)=O)c1)N(C)Cc1ccc(C)cc1.I. The molecular weight excluding hydrogens is 467 g/mol. The van der Waals surface area contributed by atoms with Crippen molar-refractivity contribution >= 4 is 35.8 Å². The molecule has 2 aromatic rings. The summed E-state index contributed by atoms with van der Waals surface area (Å²) >= 11 is 0. The Bertz CT molecular complexity index is 778. The minimum atomic E-state index is -0.495. The second kappa shape index (κ2) is 12.2. The monoisotopic (exact) mass is 496 g/mol. The van der Waals surface area contributed by atoms with Crippen LogP contribution < -0.4 is 15.8 Å². The standard InChI is InChI=1S/C21H28N4O2.HI/c1-4-23-21(25(3)14-17-10-8-16(2)9-11-17)24-13-18-6-5-7-19(12-18)27-15-20(22)26;/h5-12H,4,13-15H2,1-3H3,(H2,22,26)(H,23,24);1H. The fraction of sp³-hybridized carbons (Fsp3) is 0.333. The molecule has 3 N–H and O–H groups in total. The Balaban J connectivity index is 0.00000392. The number of nitrogens with one attached hydrogen (secondary N) is 1. The molecule has 6 nitrogen and oxygen atoms in total. The van der Waals surface area contributed by atoms with E-state index in [-0.39, 0.29) is 30.6 Å². The molecule has 28 heavy (non-hydrogen) atoms. The molecule has 0 saturated heterocycles. The van der Waals surface area contributed by atoms with Crippen molar-refractivity contribution in [2.24, 2.45) is 10.7 Å². The van der Waals surface area contributed by atoms with Crippen molar-refractivity contribution in [2.75, 3.05) is 20.2 Å². The number of amides is 1. The molecular formula is C21H29IN4O2. The summed E-state index contributed by atoms with van der Waals surface area (Å²) in [5.41, 5.74) is 8.59. The highest BCUT2D eigenvalue weighted by molar-refractivity contribution is 14.0. The molecule has 0 atom stereocenters. The van der Waals surface area contributed by atoms with Crippen LogP contribution in [0.3, 0.4) is 0 Å². The van der Waals surface area contributed by atoms with Gasteiger partial charge in [0, 0.05) is 20.1 Å². The second-order valence-electron chi connectivity index (χ2n) is 6.41. The fourth-order valence-corrected chi connectivity index (χ4v) is 2.57. The zero-order valence-electron chi connectivity index (χ0n) is 16.6. The highest BCUT2D eigenvalue weighted by Gasteiger charge is 2.07. The number of halogens is 1. The third-order valence-corrected chi connectivity index (χ3v) is 3.93. The molecule has 0 aliphatic carbocycles. The molecule has 152 valence electrons. The Hall–Kier alpha value is -2.29. The van der Waals surface area contributed by atoms with Crippen molar-refractivity contribution in [3.63, 3.8) is 0 Å². The van der Waals surface area contributed by atoms with Crippen molar-refractivity contribution in [3.8, 4) is 5.75 Å². The summed E-state index contributed by atoms with van der Waals surface area (Å²) in [6.07, 6.45) is 0. The first-order valence-corrected chi connectivity index (χ1v) is 9.03. The van der Waals surface area contributed by atoms with Crippen LogP contribution in [0.25, 0.3) is 0 Å². The van der Waals surface area contributed by atoms with Crippen LogP contribution in [0.2, 0.25) is 0 Å². The predicted molar refractivity (Wildman–Crippen MR) is 124 cm³/mol. The molecule has 0 spiro atoms. The number of guanidine groups is 1. The first kappa shape index (κ1) is 23.7. The molecule has 2 rings (SSSR count). The molecule has 0 aliphatic heterocycles. The van der Waals surface area contributed by atoms with Gasteiger partial charge in [-0.1, -0.05) is 42.0 Å². The van der Waals surface area contributed by atoms with E-state index in [1.165, 1.54) is 11.1 Å². The van der Waals surface area contributed by atoms with Gasteiger partial charge in [0.15, 0.2) is 12.6 Å². The average Bonchev–Trinajstić information content (AvgIpc) is 2.65.